The van der Waals surface area contributed by atoms with Crippen molar-refractivity contribution in [3.63, 3.8) is 0 Å². The Morgan fingerprint density at radius 2 is 1.93 bits per heavy atom. The zero-order chi connectivity index (χ0) is 21.1. The topological polar surface area (TPSA) is 67.9 Å². The second-order valence-electron chi connectivity index (χ2n) is 9.72. The largest absolute Gasteiger partial charge is 0.490 e. The predicted octanol–water partition coefficient (Wildman–Crippen LogP) is 4.54. The molecule has 2 N–H and O–H groups in total. The molecule has 3 atom stereocenters. The highest BCUT2D eigenvalue weighted by Gasteiger charge is 2.48. The lowest BCUT2D eigenvalue weighted by molar-refractivity contribution is -0.132. The highest BCUT2D eigenvalue weighted by Crippen LogP contribution is 2.39. The van der Waals surface area contributed by atoms with E-state index in [-0.39, 0.29) is 12.5 Å². The summed E-state index contributed by atoms with van der Waals surface area (Å²) >= 11 is 0. The molecule has 2 fully saturated rings. The molecule has 5 nitrogen and oxygen atoms in total. The molecule has 1 heterocycles. The fourth-order valence-corrected chi connectivity index (χ4v) is 5.62. The molecule has 30 heavy (non-hydrogen) atoms. The molecule has 0 aromatic heterocycles. The average molecular weight is 412 g/mol. The molecule has 1 aromatic carbocycles. The van der Waals surface area contributed by atoms with Gasteiger partial charge >= 0.3 is 0 Å². The van der Waals surface area contributed by atoms with Crippen LogP contribution in [0.3, 0.4) is 0 Å². The average Bonchev–Trinajstić information content (AvgIpc) is 2.95. The molecule has 2 saturated carbocycles. The molecule has 1 aliphatic heterocycles. The quantitative estimate of drug-likeness (QED) is 0.683. The molecule has 0 radical (unpaired) electrons. The molecular formula is C25H37N3O2. The van der Waals surface area contributed by atoms with E-state index in [0.717, 1.165) is 30.4 Å². The number of benzene rings is 1. The van der Waals surface area contributed by atoms with E-state index in [1.165, 1.54) is 61.8 Å². The van der Waals surface area contributed by atoms with Crippen molar-refractivity contribution in [2.45, 2.75) is 76.7 Å². The van der Waals surface area contributed by atoms with Crippen LogP contribution in [-0.2, 0) is 11.2 Å². The number of amides is 1. The van der Waals surface area contributed by atoms with Crippen LogP contribution in [0.25, 0.3) is 0 Å². The number of nitrogens with two attached hydrogens (primary N) is 1. The lowest BCUT2D eigenvalue weighted by Gasteiger charge is -2.36. The minimum atomic E-state index is -0.877. The van der Waals surface area contributed by atoms with Gasteiger partial charge in [-0.3, -0.25) is 9.69 Å². The summed E-state index contributed by atoms with van der Waals surface area (Å²) in [5.41, 5.74) is 6.50. The number of hydrogen-bond acceptors (Lipinski definition) is 4. The predicted molar refractivity (Wildman–Crippen MR) is 120 cm³/mol. The summed E-state index contributed by atoms with van der Waals surface area (Å²) < 4.78 is 6.22. The minimum Gasteiger partial charge on any atom is -0.490 e. The first-order chi connectivity index (χ1) is 14.5. The molecule has 3 unspecified atom stereocenters. The van der Waals surface area contributed by atoms with Crippen LogP contribution >= 0.6 is 0 Å². The molecule has 0 spiro atoms. The normalized spacial score (nSPS) is 29.6. The van der Waals surface area contributed by atoms with Gasteiger partial charge in [0, 0.05) is 7.05 Å². The number of nitrogens with zero attached hydrogens (tertiary/aromatic N) is 2. The van der Waals surface area contributed by atoms with Gasteiger partial charge in [-0.15, -0.1) is 0 Å². The maximum Gasteiger partial charge on any atom is 0.260 e. The smallest absolute Gasteiger partial charge is 0.260 e. The molecule has 0 bridgehead atoms. The molecule has 4 rings (SSSR count). The van der Waals surface area contributed by atoms with Crippen LogP contribution in [0, 0.1) is 17.8 Å². The lowest BCUT2D eigenvalue weighted by Crippen LogP contribution is -2.47. The Balaban J connectivity index is 1.45. The van der Waals surface area contributed by atoms with Gasteiger partial charge < -0.3 is 10.5 Å². The van der Waals surface area contributed by atoms with E-state index in [1.54, 1.807) is 7.05 Å². The first kappa shape index (κ1) is 21.2. The van der Waals surface area contributed by atoms with Gasteiger partial charge in [0.25, 0.3) is 5.91 Å². The molecule has 164 valence electrons. The van der Waals surface area contributed by atoms with E-state index in [1.807, 2.05) is 6.07 Å². The van der Waals surface area contributed by atoms with E-state index >= 15 is 0 Å². The summed E-state index contributed by atoms with van der Waals surface area (Å²) in [7, 11) is 1.72. The number of carbonyl (C=O) groups is 1. The SMILES string of the molecule is CCC1CCC1Cc1cccc(OCC2(CC3CCCCC3)N=C(N)N(C)C2=O)c1. The molecule has 3 aliphatic rings. The fourth-order valence-electron chi connectivity index (χ4n) is 5.62. The van der Waals surface area contributed by atoms with Crippen molar-refractivity contribution in [2.24, 2.45) is 28.5 Å². The van der Waals surface area contributed by atoms with Gasteiger partial charge in [0.05, 0.1) is 0 Å². The Morgan fingerprint density at radius 1 is 1.17 bits per heavy atom. The Kier molecular flexibility index (Phi) is 6.35. The number of likely N-dealkylation sites (N-methyl/N-ethyl adjacent to an activating group) is 1. The summed E-state index contributed by atoms with van der Waals surface area (Å²) in [6.45, 7) is 2.56. The number of aliphatic imine (C=N–C) groups is 1. The minimum absolute atomic E-state index is 0.0259. The van der Waals surface area contributed by atoms with Crippen LogP contribution in [-0.4, -0.2) is 36.0 Å². The molecular weight excluding hydrogens is 374 g/mol. The van der Waals surface area contributed by atoms with Gasteiger partial charge in [-0.1, -0.05) is 57.6 Å². The van der Waals surface area contributed by atoms with Gasteiger partial charge in [0.1, 0.15) is 12.4 Å². The van der Waals surface area contributed by atoms with Crippen LogP contribution in [0.5, 0.6) is 5.75 Å². The number of hydrogen-bond donors (Lipinski definition) is 1. The number of rotatable bonds is 8. The van der Waals surface area contributed by atoms with E-state index in [0.29, 0.717) is 11.9 Å². The second-order valence-corrected chi connectivity index (χ2v) is 9.72. The van der Waals surface area contributed by atoms with Gasteiger partial charge in [-0.2, -0.15) is 0 Å². The molecule has 1 amide bonds. The first-order valence-corrected chi connectivity index (χ1v) is 11.9. The molecule has 2 aliphatic carbocycles. The van der Waals surface area contributed by atoms with Gasteiger partial charge in [0.15, 0.2) is 11.5 Å². The third-order valence-electron chi connectivity index (χ3n) is 7.70. The third-order valence-corrected chi connectivity index (χ3v) is 7.70. The Bertz CT molecular complexity index is 784. The first-order valence-electron chi connectivity index (χ1n) is 11.9. The molecule has 0 saturated heterocycles. The standard InChI is InChI=1S/C25H37N3O2/c1-3-20-12-13-21(20)14-19-10-7-11-22(15-19)30-17-25(16-18-8-5-4-6-9-18)23(29)28(2)24(26)27-25/h7,10-11,15,18,20-21H,3-6,8-9,12-14,16-17H2,1-2H3,(H2,26,27). The lowest BCUT2D eigenvalue weighted by atomic mass is 9.69. The van der Waals surface area contributed by atoms with Crippen molar-refractivity contribution < 1.29 is 9.53 Å². The van der Waals surface area contributed by atoms with Crippen molar-refractivity contribution >= 4 is 11.9 Å². The summed E-state index contributed by atoms with van der Waals surface area (Å²) in [6.07, 6.45) is 12.0. The van der Waals surface area contributed by atoms with Crippen molar-refractivity contribution in [3.05, 3.63) is 29.8 Å². The Hall–Kier alpha value is -2.04. The Labute approximate surface area is 181 Å². The number of ether oxygens (including phenoxy) is 1. The molecule has 1 aromatic rings. The van der Waals surface area contributed by atoms with Crippen molar-refractivity contribution in [1.29, 1.82) is 0 Å². The maximum atomic E-state index is 13.1. The van der Waals surface area contributed by atoms with Crippen LogP contribution in [0.1, 0.15) is 70.3 Å². The summed E-state index contributed by atoms with van der Waals surface area (Å²) in [5, 5.41) is 0. The maximum absolute atomic E-state index is 13.1. The van der Waals surface area contributed by atoms with E-state index in [4.69, 9.17) is 10.5 Å². The Morgan fingerprint density at radius 3 is 2.57 bits per heavy atom. The van der Waals surface area contributed by atoms with Crippen molar-refractivity contribution in [2.75, 3.05) is 13.7 Å². The van der Waals surface area contributed by atoms with E-state index in [2.05, 4.69) is 30.1 Å². The summed E-state index contributed by atoms with van der Waals surface area (Å²) in [4.78, 5) is 19.3. The van der Waals surface area contributed by atoms with Crippen LogP contribution in [0.15, 0.2) is 29.3 Å². The second kappa shape index (κ2) is 8.99. The zero-order valence-electron chi connectivity index (χ0n) is 18.6. The van der Waals surface area contributed by atoms with Gasteiger partial charge in [-0.25, -0.2) is 4.99 Å². The van der Waals surface area contributed by atoms with Gasteiger partial charge in [-0.05, 0) is 61.1 Å². The van der Waals surface area contributed by atoms with E-state index < -0.39 is 5.54 Å². The number of carbonyl (C=O) groups excluding carboxylic acids is 1. The van der Waals surface area contributed by atoms with Crippen molar-refractivity contribution in [1.82, 2.24) is 4.90 Å². The zero-order valence-corrected chi connectivity index (χ0v) is 18.6. The fraction of sp³-hybridized carbons (Fsp3) is 0.680. The van der Waals surface area contributed by atoms with Crippen LogP contribution in [0.2, 0.25) is 0 Å². The third kappa shape index (κ3) is 4.35. The van der Waals surface area contributed by atoms with E-state index in [9.17, 15) is 4.79 Å². The summed E-state index contributed by atoms with van der Waals surface area (Å²) in [6, 6.07) is 8.40. The van der Waals surface area contributed by atoms with Gasteiger partial charge in [0.2, 0.25) is 0 Å². The van der Waals surface area contributed by atoms with Crippen LogP contribution < -0.4 is 10.5 Å². The van der Waals surface area contributed by atoms with Crippen molar-refractivity contribution in [3.8, 4) is 5.75 Å². The summed E-state index contributed by atoms with van der Waals surface area (Å²) in [5.74, 6) is 3.31. The van der Waals surface area contributed by atoms with Crippen LogP contribution in [0.4, 0.5) is 0 Å². The highest BCUT2D eigenvalue weighted by atomic mass is 16.5. The molecule has 5 heteroatoms. The highest BCUT2D eigenvalue weighted by molar-refractivity contribution is 6.06. The monoisotopic (exact) mass is 411 g/mol. The number of guanidine groups is 1.